The summed E-state index contributed by atoms with van der Waals surface area (Å²) in [6.07, 6.45) is 1.57. The van der Waals surface area contributed by atoms with Gasteiger partial charge >= 0.3 is 5.97 Å². The molecule has 0 N–H and O–H groups in total. The molecule has 0 fully saturated rings. The zero-order valence-corrected chi connectivity index (χ0v) is 9.56. The average molecular weight is 270 g/mol. The Hall–Kier alpha value is -1.43. The third-order valence-corrected chi connectivity index (χ3v) is 2.41. The normalized spacial score (nSPS) is 10.5. The van der Waals surface area contributed by atoms with Crippen molar-refractivity contribution in [1.29, 1.82) is 0 Å². The molecule has 6 heteroatoms. The van der Waals surface area contributed by atoms with Gasteiger partial charge in [0.05, 0.1) is 18.3 Å². The minimum atomic E-state index is -0.514. The maximum absolute atomic E-state index is 11.3. The van der Waals surface area contributed by atoms with Gasteiger partial charge in [0.2, 0.25) is 0 Å². The molecule has 2 aromatic rings. The van der Waals surface area contributed by atoms with E-state index in [1.807, 2.05) is 12.1 Å². The number of rotatable bonds is 2. The van der Waals surface area contributed by atoms with Crippen LogP contribution in [0.25, 0.3) is 5.52 Å². The first-order chi connectivity index (χ1) is 7.22. The van der Waals surface area contributed by atoms with E-state index in [-0.39, 0.29) is 5.82 Å². The second-order valence-electron chi connectivity index (χ2n) is 2.80. The molecule has 0 radical (unpaired) electrons. The van der Waals surface area contributed by atoms with E-state index in [0.29, 0.717) is 6.61 Å². The summed E-state index contributed by atoms with van der Waals surface area (Å²) in [5, 5.41) is 4.04. The number of nitrogens with zero attached hydrogens (tertiary/aromatic N) is 3. The molecule has 78 valence electrons. The largest absolute Gasteiger partial charge is 0.460 e. The van der Waals surface area contributed by atoms with E-state index < -0.39 is 5.97 Å². The van der Waals surface area contributed by atoms with Crippen LogP contribution in [-0.2, 0) is 4.74 Å². The number of carbonyl (C=O) groups is 1. The van der Waals surface area contributed by atoms with Crippen LogP contribution in [0.5, 0.6) is 0 Å². The first-order valence-corrected chi connectivity index (χ1v) is 5.19. The van der Waals surface area contributed by atoms with Crippen molar-refractivity contribution in [3.63, 3.8) is 0 Å². The molecule has 2 heterocycles. The number of hydrogen-bond acceptors (Lipinski definition) is 4. The Kier molecular flexibility index (Phi) is 2.68. The molecule has 0 aliphatic carbocycles. The lowest BCUT2D eigenvalue weighted by atomic mass is 10.5. The van der Waals surface area contributed by atoms with Crippen LogP contribution in [0, 0.1) is 0 Å². The van der Waals surface area contributed by atoms with Crippen molar-refractivity contribution < 1.29 is 9.53 Å². The molecular weight excluding hydrogens is 262 g/mol. The summed E-state index contributed by atoms with van der Waals surface area (Å²) < 4.78 is 7.15. The smallest absolute Gasteiger partial charge is 0.378 e. The summed E-state index contributed by atoms with van der Waals surface area (Å²) in [5.41, 5.74) is 0.815. The zero-order chi connectivity index (χ0) is 10.8. The lowest BCUT2D eigenvalue weighted by Gasteiger charge is -2.01. The van der Waals surface area contributed by atoms with Gasteiger partial charge < -0.3 is 4.74 Å². The highest BCUT2D eigenvalue weighted by molar-refractivity contribution is 9.10. The molecule has 0 unspecified atom stereocenters. The van der Waals surface area contributed by atoms with Crippen molar-refractivity contribution >= 4 is 27.4 Å². The summed E-state index contributed by atoms with van der Waals surface area (Å²) in [4.78, 5) is 15.3. The van der Waals surface area contributed by atoms with Gasteiger partial charge in [0.1, 0.15) is 4.60 Å². The maximum Gasteiger partial charge on any atom is 0.378 e. The van der Waals surface area contributed by atoms with Crippen LogP contribution in [0.3, 0.4) is 0 Å². The zero-order valence-electron chi connectivity index (χ0n) is 7.98. The van der Waals surface area contributed by atoms with Crippen LogP contribution in [0.1, 0.15) is 17.5 Å². The monoisotopic (exact) mass is 269 g/mol. The molecule has 0 saturated carbocycles. The fourth-order valence-corrected chi connectivity index (χ4v) is 1.58. The van der Waals surface area contributed by atoms with Crippen LogP contribution in [0.15, 0.2) is 22.9 Å². The van der Waals surface area contributed by atoms with Gasteiger partial charge in [-0.25, -0.2) is 14.3 Å². The number of hydrogen-bond donors (Lipinski definition) is 0. The van der Waals surface area contributed by atoms with Crippen molar-refractivity contribution in [2.45, 2.75) is 6.92 Å². The molecule has 15 heavy (non-hydrogen) atoms. The molecule has 0 aromatic carbocycles. The molecule has 5 nitrogen and oxygen atoms in total. The fourth-order valence-electron chi connectivity index (χ4n) is 1.16. The van der Waals surface area contributed by atoms with Crippen molar-refractivity contribution in [3.8, 4) is 0 Å². The second-order valence-corrected chi connectivity index (χ2v) is 3.61. The van der Waals surface area contributed by atoms with E-state index in [1.54, 1.807) is 17.6 Å². The van der Waals surface area contributed by atoms with Crippen LogP contribution < -0.4 is 0 Å². The van der Waals surface area contributed by atoms with E-state index in [4.69, 9.17) is 4.74 Å². The molecule has 0 aliphatic heterocycles. The van der Waals surface area contributed by atoms with Crippen molar-refractivity contribution in [2.24, 2.45) is 0 Å². The Morgan fingerprint density at radius 2 is 2.40 bits per heavy atom. The van der Waals surface area contributed by atoms with Gasteiger partial charge in [0.25, 0.3) is 5.82 Å². The van der Waals surface area contributed by atoms with Gasteiger partial charge in [-0.05, 0) is 35.0 Å². The van der Waals surface area contributed by atoms with E-state index in [1.165, 1.54) is 0 Å². The standard InChI is InChI=1S/C9H8BrN3O2/c1-2-15-9(14)8-11-5-6-3-4-7(10)13(6)12-8/h3-5H,2H2,1H3. The Bertz CT molecular complexity index is 509. The quantitative estimate of drug-likeness (QED) is 0.779. The van der Waals surface area contributed by atoms with Crippen molar-refractivity contribution in [1.82, 2.24) is 14.6 Å². The SMILES string of the molecule is CCOC(=O)c1ncc2ccc(Br)n2n1. The average Bonchev–Trinajstić information content (AvgIpc) is 2.60. The number of halogens is 1. The Morgan fingerprint density at radius 3 is 3.13 bits per heavy atom. The van der Waals surface area contributed by atoms with Crippen molar-refractivity contribution in [2.75, 3.05) is 6.61 Å². The topological polar surface area (TPSA) is 56.5 Å². The minimum Gasteiger partial charge on any atom is -0.460 e. The van der Waals surface area contributed by atoms with Crippen molar-refractivity contribution in [3.05, 3.63) is 28.8 Å². The summed E-state index contributed by atoms with van der Waals surface area (Å²) >= 11 is 3.31. The van der Waals surface area contributed by atoms with Crippen LogP contribution in [-0.4, -0.2) is 27.2 Å². The lowest BCUT2D eigenvalue weighted by Crippen LogP contribution is -2.11. The number of aromatic nitrogens is 3. The predicted molar refractivity (Wildman–Crippen MR) is 56.6 cm³/mol. The summed E-state index contributed by atoms with van der Waals surface area (Å²) in [7, 11) is 0. The lowest BCUT2D eigenvalue weighted by molar-refractivity contribution is 0.0510. The van der Waals surface area contributed by atoms with Gasteiger partial charge in [-0.2, -0.15) is 0 Å². The van der Waals surface area contributed by atoms with E-state index in [0.717, 1.165) is 10.1 Å². The molecule has 0 atom stereocenters. The first-order valence-electron chi connectivity index (χ1n) is 4.39. The second kappa shape index (κ2) is 3.98. The Morgan fingerprint density at radius 1 is 1.60 bits per heavy atom. The molecule has 0 bridgehead atoms. The summed E-state index contributed by atoms with van der Waals surface area (Å²) in [6.45, 7) is 2.05. The minimum absolute atomic E-state index is 0.0567. The molecule has 0 saturated heterocycles. The van der Waals surface area contributed by atoms with Gasteiger partial charge in [0.15, 0.2) is 0 Å². The number of fused-ring (bicyclic) bond motifs is 1. The molecular formula is C9H8BrN3O2. The Labute approximate surface area is 94.2 Å². The third kappa shape index (κ3) is 1.85. The highest BCUT2D eigenvalue weighted by Crippen LogP contribution is 2.13. The molecule has 2 rings (SSSR count). The van der Waals surface area contributed by atoms with Gasteiger partial charge in [-0.3, -0.25) is 0 Å². The highest BCUT2D eigenvalue weighted by atomic mass is 79.9. The molecule has 0 aliphatic rings. The maximum atomic E-state index is 11.3. The van der Waals surface area contributed by atoms with Gasteiger partial charge in [0, 0.05) is 0 Å². The summed E-state index contributed by atoms with van der Waals surface area (Å²) in [6, 6.07) is 3.68. The third-order valence-electron chi connectivity index (χ3n) is 1.81. The van der Waals surface area contributed by atoms with Crippen LogP contribution in [0.4, 0.5) is 0 Å². The fraction of sp³-hybridized carbons (Fsp3) is 0.222. The van der Waals surface area contributed by atoms with Crippen LogP contribution >= 0.6 is 15.9 Å². The van der Waals surface area contributed by atoms with Crippen LogP contribution in [0.2, 0.25) is 0 Å². The highest BCUT2D eigenvalue weighted by Gasteiger charge is 2.11. The Balaban J connectivity index is 2.45. The molecule has 2 aromatic heterocycles. The predicted octanol–water partition coefficient (Wildman–Crippen LogP) is 1.67. The summed E-state index contributed by atoms with van der Waals surface area (Å²) in [5.74, 6) is -0.457. The number of ether oxygens (including phenoxy) is 1. The van der Waals surface area contributed by atoms with E-state index in [2.05, 4.69) is 26.0 Å². The number of carbonyl (C=O) groups excluding carboxylic acids is 1. The number of esters is 1. The molecule has 0 spiro atoms. The first kappa shape index (κ1) is 10.1. The van der Waals surface area contributed by atoms with E-state index in [9.17, 15) is 4.79 Å². The van der Waals surface area contributed by atoms with Gasteiger partial charge in [-0.1, -0.05) is 0 Å². The van der Waals surface area contributed by atoms with Gasteiger partial charge in [-0.15, -0.1) is 5.10 Å². The van der Waals surface area contributed by atoms with E-state index >= 15 is 0 Å². The molecule has 0 amide bonds.